The summed E-state index contributed by atoms with van der Waals surface area (Å²) >= 11 is 0. The molecular weight excluding hydrogens is 192 g/mol. The molecule has 0 unspecified atom stereocenters. The van der Waals surface area contributed by atoms with Gasteiger partial charge in [0.15, 0.2) is 0 Å². The Labute approximate surface area is 90.1 Å². The van der Waals surface area contributed by atoms with E-state index in [2.05, 4.69) is 0 Å². The number of hydrogen-bond donors (Lipinski definition) is 1. The number of hydrogen-bond acceptors (Lipinski definition) is 4. The van der Waals surface area contributed by atoms with Crippen LogP contribution in [0.2, 0.25) is 0 Å². The van der Waals surface area contributed by atoms with Crippen molar-refractivity contribution in [3.05, 3.63) is 0 Å². The van der Waals surface area contributed by atoms with Gasteiger partial charge in [0.05, 0.1) is 18.2 Å². The summed E-state index contributed by atoms with van der Waals surface area (Å²) in [5.74, 6) is -0.356. The average molecular weight is 208 g/mol. The molecule has 5 nitrogen and oxygen atoms in total. The van der Waals surface area contributed by atoms with Crippen LogP contribution in [0.4, 0.5) is 0 Å². The van der Waals surface area contributed by atoms with Gasteiger partial charge < -0.3 is 10.6 Å². The van der Waals surface area contributed by atoms with Gasteiger partial charge in [0.1, 0.15) is 13.1 Å². The third kappa shape index (κ3) is 3.97. The Morgan fingerprint density at radius 2 is 1.73 bits per heavy atom. The lowest BCUT2D eigenvalue weighted by molar-refractivity contribution is -0.133. The summed E-state index contributed by atoms with van der Waals surface area (Å²) in [6, 6.07) is 2.98. The fraction of sp³-hybridized carbons (Fsp3) is 0.700. The quantitative estimate of drug-likeness (QED) is 0.672. The highest BCUT2D eigenvalue weighted by molar-refractivity contribution is 5.82. The van der Waals surface area contributed by atoms with Crippen molar-refractivity contribution < 1.29 is 4.79 Å². The van der Waals surface area contributed by atoms with Gasteiger partial charge in [0, 0.05) is 0 Å². The zero-order chi connectivity index (χ0) is 12.1. The topological polar surface area (TPSA) is 93.9 Å². The molecule has 82 valence electrons. The van der Waals surface area contributed by atoms with Crippen LogP contribution in [0, 0.1) is 28.1 Å². The fourth-order valence-corrected chi connectivity index (χ4v) is 0.950. The molecule has 0 heterocycles. The molecule has 0 aliphatic heterocycles. The van der Waals surface area contributed by atoms with Crippen molar-refractivity contribution in [1.29, 1.82) is 10.5 Å². The molecule has 2 N–H and O–H groups in total. The Kier molecular flexibility index (Phi) is 4.77. The van der Waals surface area contributed by atoms with Crippen LogP contribution in [-0.2, 0) is 4.79 Å². The minimum Gasteiger partial charge on any atom is -0.319 e. The number of nitrogens with zero attached hydrogens (tertiary/aromatic N) is 3. The first kappa shape index (κ1) is 13.4. The van der Waals surface area contributed by atoms with Crippen LogP contribution in [0.3, 0.4) is 0 Å². The Morgan fingerprint density at radius 3 is 2.00 bits per heavy atom. The fourth-order valence-electron chi connectivity index (χ4n) is 0.950. The van der Waals surface area contributed by atoms with Crippen molar-refractivity contribution in [2.24, 2.45) is 11.1 Å². The molecule has 0 bridgehead atoms. The van der Waals surface area contributed by atoms with E-state index in [-0.39, 0.29) is 24.4 Å². The maximum Gasteiger partial charge on any atom is 0.241 e. The Hall–Kier alpha value is -1.59. The van der Waals surface area contributed by atoms with Crippen molar-refractivity contribution in [3.63, 3.8) is 0 Å². The standard InChI is InChI=1S/C10H16N4O/c1-10(2,3)8(13)9(15)14(6-4-11)7-5-12/h8H,6-7,13H2,1-3H3/t8-/m0/s1. The minimum absolute atomic E-state index is 0.101. The molecular formula is C10H16N4O. The SMILES string of the molecule is CC(C)(C)[C@@H](N)C(=O)N(CC#N)CC#N. The lowest BCUT2D eigenvalue weighted by Crippen LogP contribution is -2.50. The zero-order valence-corrected chi connectivity index (χ0v) is 9.32. The normalized spacial score (nSPS) is 12.4. The van der Waals surface area contributed by atoms with Crippen LogP contribution < -0.4 is 5.73 Å². The van der Waals surface area contributed by atoms with Crippen LogP contribution in [0.1, 0.15) is 20.8 Å². The lowest BCUT2D eigenvalue weighted by Gasteiger charge is -2.29. The summed E-state index contributed by atoms with van der Waals surface area (Å²) in [5.41, 5.74) is 5.37. The van der Waals surface area contributed by atoms with E-state index in [1.807, 2.05) is 32.9 Å². The summed E-state index contributed by atoms with van der Waals surface area (Å²) in [6.07, 6.45) is 0. The van der Waals surface area contributed by atoms with E-state index in [1.165, 1.54) is 0 Å². The second-order valence-electron chi connectivity index (χ2n) is 4.35. The molecule has 0 rings (SSSR count). The van der Waals surface area contributed by atoms with E-state index >= 15 is 0 Å². The van der Waals surface area contributed by atoms with Gasteiger partial charge in [-0.1, -0.05) is 20.8 Å². The molecule has 5 heteroatoms. The van der Waals surface area contributed by atoms with E-state index in [4.69, 9.17) is 16.3 Å². The average Bonchev–Trinajstić information content (AvgIpc) is 2.14. The Morgan fingerprint density at radius 1 is 1.33 bits per heavy atom. The van der Waals surface area contributed by atoms with Gasteiger partial charge in [-0.25, -0.2) is 0 Å². The summed E-state index contributed by atoms with van der Waals surface area (Å²) < 4.78 is 0. The summed E-state index contributed by atoms with van der Waals surface area (Å²) in [4.78, 5) is 12.9. The summed E-state index contributed by atoms with van der Waals surface area (Å²) in [5, 5.41) is 17.0. The van der Waals surface area contributed by atoms with Crippen LogP contribution >= 0.6 is 0 Å². The molecule has 0 aromatic rings. The Balaban J connectivity index is 4.66. The van der Waals surface area contributed by atoms with Gasteiger partial charge in [0.2, 0.25) is 5.91 Å². The van der Waals surface area contributed by atoms with Crippen LogP contribution in [0.25, 0.3) is 0 Å². The van der Waals surface area contributed by atoms with Crippen molar-refractivity contribution in [1.82, 2.24) is 4.90 Å². The van der Waals surface area contributed by atoms with Crippen molar-refractivity contribution in [2.75, 3.05) is 13.1 Å². The molecule has 0 fully saturated rings. The van der Waals surface area contributed by atoms with Crippen molar-refractivity contribution >= 4 is 5.91 Å². The maximum absolute atomic E-state index is 11.8. The highest BCUT2D eigenvalue weighted by atomic mass is 16.2. The molecule has 0 saturated carbocycles. The van der Waals surface area contributed by atoms with Crippen molar-refractivity contribution in [2.45, 2.75) is 26.8 Å². The van der Waals surface area contributed by atoms with Crippen molar-refractivity contribution in [3.8, 4) is 12.1 Å². The molecule has 0 aliphatic carbocycles. The number of nitrogens with two attached hydrogens (primary N) is 1. The van der Waals surface area contributed by atoms with E-state index < -0.39 is 6.04 Å². The summed E-state index contributed by atoms with van der Waals surface area (Å²) in [6.45, 7) is 5.32. The van der Waals surface area contributed by atoms with E-state index in [1.54, 1.807) is 0 Å². The van der Waals surface area contributed by atoms with Crippen LogP contribution in [-0.4, -0.2) is 29.9 Å². The van der Waals surface area contributed by atoms with Gasteiger partial charge in [-0.2, -0.15) is 10.5 Å². The maximum atomic E-state index is 11.8. The highest BCUT2D eigenvalue weighted by Crippen LogP contribution is 2.18. The molecule has 1 amide bonds. The Bertz CT molecular complexity index is 289. The highest BCUT2D eigenvalue weighted by Gasteiger charge is 2.30. The van der Waals surface area contributed by atoms with Gasteiger partial charge in [0.25, 0.3) is 0 Å². The van der Waals surface area contributed by atoms with Gasteiger partial charge in [-0.15, -0.1) is 0 Å². The smallest absolute Gasteiger partial charge is 0.241 e. The monoisotopic (exact) mass is 208 g/mol. The molecule has 15 heavy (non-hydrogen) atoms. The number of carbonyl (C=O) groups is 1. The van der Waals surface area contributed by atoms with E-state index in [0.717, 1.165) is 4.90 Å². The van der Waals surface area contributed by atoms with Gasteiger partial charge in [-0.05, 0) is 5.41 Å². The third-order valence-corrected chi connectivity index (χ3v) is 2.03. The molecule has 0 aliphatic rings. The molecule has 1 atom stereocenters. The number of nitriles is 2. The second kappa shape index (κ2) is 5.33. The molecule has 0 spiro atoms. The van der Waals surface area contributed by atoms with E-state index in [0.29, 0.717) is 0 Å². The van der Waals surface area contributed by atoms with Gasteiger partial charge >= 0.3 is 0 Å². The zero-order valence-electron chi connectivity index (χ0n) is 9.32. The van der Waals surface area contributed by atoms with Crippen LogP contribution in [0.15, 0.2) is 0 Å². The first-order valence-electron chi connectivity index (χ1n) is 4.63. The van der Waals surface area contributed by atoms with E-state index in [9.17, 15) is 4.79 Å². The first-order chi connectivity index (χ1) is 6.84. The lowest BCUT2D eigenvalue weighted by atomic mass is 9.86. The van der Waals surface area contributed by atoms with Crippen LogP contribution in [0.5, 0.6) is 0 Å². The minimum atomic E-state index is -0.695. The predicted octanol–water partition coefficient (Wildman–Crippen LogP) is 0.236. The van der Waals surface area contributed by atoms with Gasteiger partial charge in [-0.3, -0.25) is 4.79 Å². The first-order valence-corrected chi connectivity index (χ1v) is 4.63. The summed E-state index contributed by atoms with van der Waals surface area (Å²) in [7, 11) is 0. The number of amides is 1. The predicted molar refractivity (Wildman–Crippen MR) is 55.2 cm³/mol. The molecule has 0 aromatic carbocycles. The molecule has 0 radical (unpaired) electrons. The number of carbonyl (C=O) groups excluding carboxylic acids is 1. The largest absolute Gasteiger partial charge is 0.319 e. The second-order valence-corrected chi connectivity index (χ2v) is 4.35. The molecule has 0 aromatic heterocycles. The number of rotatable bonds is 3. The molecule has 0 saturated heterocycles. The third-order valence-electron chi connectivity index (χ3n) is 2.03.